The van der Waals surface area contributed by atoms with Crippen molar-refractivity contribution in [2.45, 2.75) is 39.0 Å². The van der Waals surface area contributed by atoms with Gasteiger partial charge in [-0.2, -0.15) is 8.42 Å². The molecule has 2 N–H and O–H groups in total. The molecular weight excluding hydrogens is 568 g/mol. The van der Waals surface area contributed by atoms with Crippen LogP contribution in [0.1, 0.15) is 26.7 Å². The molecule has 2 unspecified atom stereocenters. The standard InChI is InChI=1S/C25H29ClN4O7S2/c1-3-17(37-16(2)31)14-29-23(24(32)30(25(29)38)20-8-4-5-11-27-20)21-18(26)9-10-19-22(21)28(15-36-19)12-6-7-13-39(33,34)35/h3-5,8-11,16,22,31H,6-7,12-15H2,1-2H3,(H,33,34,35). The van der Waals surface area contributed by atoms with Gasteiger partial charge in [-0.15, -0.1) is 0 Å². The van der Waals surface area contributed by atoms with Gasteiger partial charge in [0.2, 0.25) is 0 Å². The molecular formula is C25H29ClN4O7S2. The molecule has 14 heteroatoms. The number of hydrogen-bond acceptors (Lipinski definition) is 9. The number of aliphatic hydroxyl groups is 1. The number of nitrogens with zero attached hydrogens (tertiary/aromatic N) is 4. The molecule has 0 aromatic carbocycles. The van der Waals surface area contributed by atoms with Crippen LogP contribution in [0.25, 0.3) is 0 Å². The van der Waals surface area contributed by atoms with E-state index >= 15 is 0 Å². The summed E-state index contributed by atoms with van der Waals surface area (Å²) in [6.07, 6.45) is 6.25. The minimum Gasteiger partial charge on any atom is -0.480 e. The summed E-state index contributed by atoms with van der Waals surface area (Å²) in [7, 11) is -4.06. The highest BCUT2D eigenvalue weighted by molar-refractivity contribution is 7.85. The fourth-order valence-corrected chi connectivity index (χ4v) is 5.71. The second kappa shape index (κ2) is 12.1. The second-order valence-electron chi connectivity index (χ2n) is 9.00. The van der Waals surface area contributed by atoms with Gasteiger partial charge in [0.25, 0.3) is 16.0 Å². The van der Waals surface area contributed by atoms with Gasteiger partial charge in [-0.25, -0.2) is 9.88 Å². The Balaban J connectivity index is 1.76. The van der Waals surface area contributed by atoms with Gasteiger partial charge in [0.1, 0.15) is 29.8 Å². The van der Waals surface area contributed by atoms with Gasteiger partial charge in [0.05, 0.1) is 18.3 Å². The van der Waals surface area contributed by atoms with Gasteiger partial charge in [-0.1, -0.05) is 17.7 Å². The molecule has 210 valence electrons. The molecule has 4 rings (SSSR count). The molecule has 1 aromatic heterocycles. The number of hydrogen-bond donors (Lipinski definition) is 2. The number of fused-ring (bicyclic) bond motifs is 1. The van der Waals surface area contributed by atoms with Crippen LogP contribution < -0.4 is 4.90 Å². The van der Waals surface area contributed by atoms with Crippen molar-refractivity contribution in [3.05, 3.63) is 70.4 Å². The molecule has 0 bridgehead atoms. The third kappa shape index (κ3) is 6.51. The van der Waals surface area contributed by atoms with E-state index in [0.717, 1.165) is 0 Å². The molecule has 0 spiro atoms. The minimum atomic E-state index is -4.06. The summed E-state index contributed by atoms with van der Waals surface area (Å²) in [5.74, 6) is 0.518. The largest absolute Gasteiger partial charge is 0.480 e. The van der Waals surface area contributed by atoms with E-state index in [1.165, 1.54) is 11.8 Å². The van der Waals surface area contributed by atoms with Crippen LogP contribution in [-0.2, 0) is 24.4 Å². The number of carbonyl (C=O) groups is 1. The molecule has 1 amide bonds. The number of ether oxygens (including phenoxy) is 2. The van der Waals surface area contributed by atoms with Crippen LogP contribution in [-0.4, -0.2) is 81.8 Å². The number of unbranched alkanes of at least 4 members (excludes halogenated alkanes) is 1. The number of halogens is 1. The maximum Gasteiger partial charge on any atom is 0.282 e. The van der Waals surface area contributed by atoms with E-state index in [0.29, 0.717) is 40.9 Å². The van der Waals surface area contributed by atoms with Crippen LogP contribution in [0.3, 0.4) is 0 Å². The van der Waals surface area contributed by atoms with Crippen molar-refractivity contribution in [2.75, 3.05) is 30.5 Å². The molecule has 11 nitrogen and oxygen atoms in total. The molecule has 0 saturated carbocycles. The first-order valence-corrected chi connectivity index (χ1v) is 14.6. The number of rotatable bonds is 10. The molecule has 0 radical (unpaired) electrons. The molecule has 1 aliphatic carbocycles. The summed E-state index contributed by atoms with van der Waals surface area (Å²) < 4.78 is 42.8. The van der Waals surface area contributed by atoms with Crippen LogP contribution in [0.5, 0.6) is 0 Å². The zero-order valence-electron chi connectivity index (χ0n) is 21.4. The van der Waals surface area contributed by atoms with E-state index in [1.807, 2.05) is 4.90 Å². The first-order valence-electron chi connectivity index (χ1n) is 12.2. The third-order valence-corrected chi connectivity index (χ3v) is 7.78. The number of allylic oxidation sites excluding steroid dienone is 3. The van der Waals surface area contributed by atoms with Crippen LogP contribution >= 0.6 is 23.8 Å². The lowest BCUT2D eigenvalue weighted by molar-refractivity contribution is -0.114. The van der Waals surface area contributed by atoms with E-state index < -0.39 is 28.4 Å². The molecule has 3 heterocycles. The van der Waals surface area contributed by atoms with Crippen LogP contribution in [0.2, 0.25) is 0 Å². The summed E-state index contributed by atoms with van der Waals surface area (Å²) in [6, 6.07) is 4.61. The van der Waals surface area contributed by atoms with Crippen molar-refractivity contribution in [3.8, 4) is 0 Å². The average molecular weight is 597 g/mol. The smallest absolute Gasteiger partial charge is 0.282 e. The van der Waals surface area contributed by atoms with Crippen LogP contribution in [0.15, 0.2) is 70.4 Å². The maximum atomic E-state index is 14.1. The van der Waals surface area contributed by atoms with Gasteiger partial charge in [-0.05, 0) is 69.3 Å². The fourth-order valence-electron chi connectivity index (χ4n) is 4.56. The van der Waals surface area contributed by atoms with E-state index in [2.05, 4.69) is 4.98 Å². The van der Waals surface area contributed by atoms with Crippen molar-refractivity contribution in [3.63, 3.8) is 0 Å². The molecule has 2 saturated heterocycles. The summed E-state index contributed by atoms with van der Waals surface area (Å²) in [6.45, 7) is 3.89. The Kier molecular flexibility index (Phi) is 9.09. The van der Waals surface area contributed by atoms with Crippen LogP contribution in [0, 0.1) is 0 Å². The third-order valence-electron chi connectivity index (χ3n) is 6.24. The quantitative estimate of drug-likeness (QED) is 0.103. The Morgan fingerprint density at radius 3 is 2.77 bits per heavy atom. The Bertz CT molecular complexity index is 1360. The Hall–Kier alpha value is -2.81. The minimum absolute atomic E-state index is 0.0410. The Labute approximate surface area is 237 Å². The van der Waals surface area contributed by atoms with Crippen molar-refractivity contribution in [2.24, 2.45) is 0 Å². The number of amides is 1. The first kappa shape index (κ1) is 29.2. The van der Waals surface area contributed by atoms with E-state index in [9.17, 15) is 18.3 Å². The van der Waals surface area contributed by atoms with Gasteiger partial charge < -0.3 is 19.5 Å². The number of aromatic nitrogens is 1. The van der Waals surface area contributed by atoms with Crippen molar-refractivity contribution < 1.29 is 32.3 Å². The number of thiocarbonyl (C=S) groups is 1. The van der Waals surface area contributed by atoms with Crippen molar-refractivity contribution >= 4 is 50.8 Å². The van der Waals surface area contributed by atoms with Crippen molar-refractivity contribution in [1.29, 1.82) is 0 Å². The highest BCUT2D eigenvalue weighted by Gasteiger charge is 2.47. The SMILES string of the molecule is CC=C(CN1C(=S)N(c2ccccn2)C(=O)C1=C1C(Cl)=CC=C2OCN(CCCCS(=O)(=O)O)C21)OC(C)O. The lowest BCUT2D eigenvalue weighted by atomic mass is 9.96. The monoisotopic (exact) mass is 596 g/mol. The molecule has 39 heavy (non-hydrogen) atoms. The lowest BCUT2D eigenvalue weighted by Gasteiger charge is -2.29. The van der Waals surface area contributed by atoms with Gasteiger partial charge in [0, 0.05) is 23.3 Å². The highest BCUT2D eigenvalue weighted by Crippen LogP contribution is 2.41. The maximum absolute atomic E-state index is 14.1. The zero-order valence-corrected chi connectivity index (χ0v) is 23.7. The summed E-state index contributed by atoms with van der Waals surface area (Å²) in [4.78, 5) is 23.2. The normalized spacial score (nSPS) is 23.0. The van der Waals surface area contributed by atoms with Gasteiger partial charge >= 0.3 is 0 Å². The summed E-state index contributed by atoms with van der Waals surface area (Å²) in [5.41, 5.74) is 0.684. The number of aliphatic hydroxyl groups excluding tert-OH is 1. The number of carbonyl (C=O) groups excluding carboxylic acids is 1. The lowest BCUT2D eigenvalue weighted by Crippen LogP contribution is -2.37. The number of anilines is 1. The topological polar surface area (TPSA) is 133 Å². The zero-order chi connectivity index (χ0) is 28.3. The van der Waals surface area contributed by atoms with E-state index in [-0.39, 0.29) is 36.3 Å². The van der Waals surface area contributed by atoms with Gasteiger partial charge in [-0.3, -0.25) is 14.2 Å². The molecule has 3 aliphatic rings. The van der Waals surface area contributed by atoms with E-state index in [4.69, 9.17) is 37.8 Å². The Morgan fingerprint density at radius 2 is 2.13 bits per heavy atom. The average Bonchev–Trinajstić information content (AvgIpc) is 3.39. The Morgan fingerprint density at radius 1 is 1.36 bits per heavy atom. The summed E-state index contributed by atoms with van der Waals surface area (Å²) >= 11 is 12.5. The second-order valence-corrected chi connectivity index (χ2v) is 11.3. The molecule has 2 fully saturated rings. The predicted molar refractivity (Wildman–Crippen MR) is 149 cm³/mol. The van der Waals surface area contributed by atoms with Gasteiger partial charge in [0.15, 0.2) is 11.4 Å². The number of pyridine rings is 1. The highest BCUT2D eigenvalue weighted by atomic mass is 35.5. The fraction of sp³-hybridized carbons (Fsp3) is 0.400. The molecule has 2 atom stereocenters. The van der Waals surface area contributed by atoms with Crippen molar-refractivity contribution in [1.82, 2.24) is 14.8 Å². The molecule has 2 aliphatic heterocycles. The summed E-state index contributed by atoms with van der Waals surface area (Å²) in [5, 5.41) is 10.3. The predicted octanol–water partition coefficient (Wildman–Crippen LogP) is 2.87. The van der Waals surface area contributed by atoms with Crippen LogP contribution in [0.4, 0.5) is 5.82 Å². The van der Waals surface area contributed by atoms with E-state index in [1.54, 1.807) is 54.4 Å². The molecule has 1 aromatic rings. The first-order chi connectivity index (χ1) is 18.5.